The van der Waals surface area contributed by atoms with Crippen LogP contribution < -0.4 is 10.4 Å². The Labute approximate surface area is 209 Å². The molecule has 0 bridgehead atoms. The molecule has 7 nitrogen and oxygen atoms in total. The highest BCUT2D eigenvalue weighted by molar-refractivity contribution is 5.94. The normalized spacial score (nSPS) is 13.8. The van der Waals surface area contributed by atoms with Gasteiger partial charge in [-0.1, -0.05) is 24.0 Å². The van der Waals surface area contributed by atoms with Gasteiger partial charge in [-0.15, -0.1) is 0 Å². The Balaban J connectivity index is 1.52. The number of aromatic nitrogens is 2. The molecule has 2 heterocycles. The van der Waals surface area contributed by atoms with E-state index in [4.69, 9.17) is 14.9 Å². The number of ether oxygens (including phenoxy) is 1. The number of fused-ring (bicyclic) bond motifs is 1. The van der Waals surface area contributed by atoms with Crippen molar-refractivity contribution in [1.82, 2.24) is 15.4 Å². The first-order valence-electron chi connectivity index (χ1n) is 11.4. The number of imidazole rings is 1. The van der Waals surface area contributed by atoms with Crippen LogP contribution in [0.3, 0.4) is 0 Å². The standard InChI is InChI=1S/C27H21F3N4O3/c28-27(29,30)21-9-2-17(3-10-21)1-4-20-15-22-23(16-24(20)34-11-13-37-14-12-34)32-25(31-22)18-5-7-19(8-6-18)26(35)33-36/h2-3,5-10,15-16,36H,11-14H2,(H,31,32)(H,33,35). The van der Waals surface area contributed by atoms with Gasteiger partial charge in [0.1, 0.15) is 5.82 Å². The number of nitrogens with one attached hydrogen (secondary N) is 2. The van der Waals surface area contributed by atoms with E-state index >= 15 is 0 Å². The van der Waals surface area contributed by atoms with Gasteiger partial charge in [-0.25, -0.2) is 10.5 Å². The highest BCUT2D eigenvalue weighted by Gasteiger charge is 2.29. The molecule has 4 aromatic rings. The van der Waals surface area contributed by atoms with Gasteiger partial charge in [0, 0.05) is 29.8 Å². The molecular weight excluding hydrogens is 485 g/mol. The van der Waals surface area contributed by atoms with Gasteiger partial charge in [0.2, 0.25) is 0 Å². The second-order valence-electron chi connectivity index (χ2n) is 8.41. The van der Waals surface area contributed by atoms with Gasteiger partial charge >= 0.3 is 6.18 Å². The Morgan fingerprint density at radius 1 is 1.03 bits per heavy atom. The largest absolute Gasteiger partial charge is 0.416 e. The summed E-state index contributed by atoms with van der Waals surface area (Å²) in [6.07, 6.45) is -4.40. The molecule has 1 aliphatic heterocycles. The van der Waals surface area contributed by atoms with Crippen molar-refractivity contribution in [3.8, 4) is 23.2 Å². The van der Waals surface area contributed by atoms with Gasteiger partial charge in [-0.2, -0.15) is 13.2 Å². The number of rotatable bonds is 3. The van der Waals surface area contributed by atoms with Crippen LogP contribution >= 0.6 is 0 Å². The molecule has 0 unspecified atom stereocenters. The number of hydrogen-bond donors (Lipinski definition) is 3. The number of anilines is 1. The minimum Gasteiger partial charge on any atom is -0.378 e. The van der Waals surface area contributed by atoms with Crippen molar-refractivity contribution in [2.45, 2.75) is 6.18 Å². The Morgan fingerprint density at radius 3 is 2.38 bits per heavy atom. The van der Waals surface area contributed by atoms with Crippen molar-refractivity contribution in [2.24, 2.45) is 0 Å². The fourth-order valence-electron chi connectivity index (χ4n) is 4.07. The van der Waals surface area contributed by atoms with E-state index < -0.39 is 17.6 Å². The molecule has 1 amide bonds. The number of amides is 1. The number of alkyl halides is 3. The summed E-state index contributed by atoms with van der Waals surface area (Å²) in [5, 5.41) is 8.80. The van der Waals surface area contributed by atoms with Crippen molar-refractivity contribution in [1.29, 1.82) is 0 Å². The highest BCUT2D eigenvalue weighted by atomic mass is 19.4. The fourth-order valence-corrected chi connectivity index (χ4v) is 4.07. The Kier molecular flexibility index (Phi) is 6.56. The average molecular weight is 506 g/mol. The lowest BCUT2D eigenvalue weighted by Gasteiger charge is -2.29. The van der Waals surface area contributed by atoms with Gasteiger partial charge in [0.15, 0.2) is 0 Å². The fraction of sp³-hybridized carbons (Fsp3) is 0.185. The van der Waals surface area contributed by atoms with E-state index in [2.05, 4.69) is 21.7 Å². The third-order valence-corrected chi connectivity index (χ3v) is 6.03. The summed E-state index contributed by atoms with van der Waals surface area (Å²) >= 11 is 0. The number of nitrogens with zero attached hydrogens (tertiary/aromatic N) is 2. The summed E-state index contributed by atoms with van der Waals surface area (Å²) in [5.41, 5.74) is 5.43. The second kappa shape index (κ2) is 9.97. The first-order chi connectivity index (χ1) is 17.8. The smallest absolute Gasteiger partial charge is 0.378 e. The minimum absolute atomic E-state index is 0.304. The zero-order chi connectivity index (χ0) is 26.0. The first-order valence-corrected chi connectivity index (χ1v) is 11.4. The number of carbonyl (C=O) groups is 1. The molecule has 0 saturated carbocycles. The van der Waals surface area contributed by atoms with E-state index in [0.717, 1.165) is 28.9 Å². The maximum atomic E-state index is 12.9. The molecule has 1 aliphatic rings. The Morgan fingerprint density at radius 2 is 1.73 bits per heavy atom. The van der Waals surface area contributed by atoms with Crippen molar-refractivity contribution in [3.05, 3.63) is 82.9 Å². The first kappa shape index (κ1) is 24.4. The number of H-pyrrole nitrogens is 1. The molecule has 0 spiro atoms. The maximum absolute atomic E-state index is 12.9. The molecule has 1 aromatic heterocycles. The average Bonchev–Trinajstić information content (AvgIpc) is 3.34. The monoisotopic (exact) mass is 506 g/mol. The Hall–Kier alpha value is -4.33. The van der Waals surface area contributed by atoms with Crippen molar-refractivity contribution >= 4 is 22.6 Å². The topological polar surface area (TPSA) is 90.5 Å². The highest BCUT2D eigenvalue weighted by Crippen LogP contribution is 2.30. The number of benzene rings is 3. The molecule has 1 fully saturated rings. The van der Waals surface area contributed by atoms with Gasteiger partial charge in [-0.3, -0.25) is 10.0 Å². The molecule has 188 valence electrons. The van der Waals surface area contributed by atoms with Gasteiger partial charge in [0.05, 0.1) is 41.1 Å². The third kappa shape index (κ3) is 5.28. The van der Waals surface area contributed by atoms with Gasteiger partial charge in [-0.05, 0) is 48.5 Å². The number of morpholine rings is 1. The molecule has 37 heavy (non-hydrogen) atoms. The van der Waals surface area contributed by atoms with Crippen LogP contribution in [0.15, 0.2) is 60.7 Å². The molecule has 3 N–H and O–H groups in total. The predicted molar refractivity (Wildman–Crippen MR) is 131 cm³/mol. The molecule has 5 rings (SSSR count). The number of carbonyl (C=O) groups excluding carboxylic acids is 1. The maximum Gasteiger partial charge on any atom is 0.416 e. The van der Waals surface area contributed by atoms with Crippen LogP contribution in [0, 0.1) is 11.8 Å². The number of halogens is 3. The molecule has 1 saturated heterocycles. The Bertz CT molecular complexity index is 1490. The van der Waals surface area contributed by atoms with E-state index in [1.807, 2.05) is 12.1 Å². The molecular formula is C27H21F3N4O3. The van der Waals surface area contributed by atoms with Crippen LogP contribution in [0.5, 0.6) is 0 Å². The lowest BCUT2D eigenvalue weighted by Crippen LogP contribution is -2.36. The van der Waals surface area contributed by atoms with Crippen LogP contribution in [-0.2, 0) is 10.9 Å². The summed E-state index contributed by atoms with van der Waals surface area (Å²) in [6.45, 7) is 2.49. The van der Waals surface area contributed by atoms with Crippen molar-refractivity contribution in [3.63, 3.8) is 0 Å². The summed E-state index contributed by atoms with van der Waals surface area (Å²) in [4.78, 5) is 21.7. The summed E-state index contributed by atoms with van der Waals surface area (Å²) in [7, 11) is 0. The summed E-state index contributed by atoms with van der Waals surface area (Å²) in [5.74, 6) is 6.08. The molecule has 0 atom stereocenters. The summed E-state index contributed by atoms with van der Waals surface area (Å²) < 4.78 is 44.1. The minimum atomic E-state index is -4.40. The third-order valence-electron chi connectivity index (χ3n) is 6.03. The molecule has 0 radical (unpaired) electrons. The zero-order valence-electron chi connectivity index (χ0n) is 19.4. The van der Waals surface area contributed by atoms with Crippen LogP contribution in [0.2, 0.25) is 0 Å². The van der Waals surface area contributed by atoms with Crippen LogP contribution in [0.4, 0.5) is 18.9 Å². The lowest BCUT2D eigenvalue weighted by molar-refractivity contribution is -0.137. The molecule has 0 aliphatic carbocycles. The number of aromatic amines is 1. The second-order valence-corrected chi connectivity index (χ2v) is 8.41. The lowest BCUT2D eigenvalue weighted by atomic mass is 10.1. The van der Waals surface area contributed by atoms with Crippen molar-refractivity contribution < 1.29 is 27.9 Å². The van der Waals surface area contributed by atoms with Crippen molar-refractivity contribution in [2.75, 3.05) is 31.2 Å². The van der Waals surface area contributed by atoms with Crippen LogP contribution in [-0.4, -0.2) is 47.4 Å². The van der Waals surface area contributed by atoms with Gasteiger partial charge < -0.3 is 14.6 Å². The van der Waals surface area contributed by atoms with E-state index in [0.29, 0.717) is 54.3 Å². The molecule has 3 aromatic carbocycles. The predicted octanol–water partition coefficient (Wildman–Crippen LogP) is 4.60. The molecule has 10 heteroatoms. The number of hydroxylamine groups is 1. The number of hydrogen-bond acceptors (Lipinski definition) is 5. The summed E-state index contributed by atoms with van der Waals surface area (Å²) in [6, 6.07) is 15.2. The van der Waals surface area contributed by atoms with E-state index in [9.17, 15) is 18.0 Å². The SMILES string of the molecule is O=C(NO)c1ccc(-c2nc3cc(N4CCOCC4)c(C#Cc4ccc(C(F)(F)F)cc4)cc3[nH]2)cc1. The van der Waals surface area contributed by atoms with Crippen LogP contribution in [0.1, 0.15) is 27.0 Å². The van der Waals surface area contributed by atoms with E-state index in [1.165, 1.54) is 12.1 Å². The van der Waals surface area contributed by atoms with E-state index in [1.54, 1.807) is 29.7 Å². The zero-order valence-corrected chi connectivity index (χ0v) is 19.4. The quantitative estimate of drug-likeness (QED) is 0.215. The van der Waals surface area contributed by atoms with Crippen LogP contribution in [0.25, 0.3) is 22.4 Å². The van der Waals surface area contributed by atoms with Gasteiger partial charge in [0.25, 0.3) is 5.91 Å². The van der Waals surface area contributed by atoms with E-state index in [-0.39, 0.29) is 0 Å².